The second kappa shape index (κ2) is 6.17. The smallest absolute Gasteiger partial charge is 0.251 e. The van der Waals surface area contributed by atoms with Crippen molar-refractivity contribution in [1.29, 1.82) is 0 Å². The predicted octanol–water partition coefficient (Wildman–Crippen LogP) is 3.18. The largest absolute Gasteiger partial charge is 0.375 e. The zero-order chi connectivity index (χ0) is 16.6. The van der Waals surface area contributed by atoms with E-state index in [-0.39, 0.29) is 16.7 Å². The third-order valence-electron chi connectivity index (χ3n) is 4.14. The van der Waals surface area contributed by atoms with Crippen LogP contribution in [-0.2, 0) is 17.6 Å². The molecule has 1 aromatic heterocycles. The minimum atomic E-state index is -0.207. The average molecular weight is 348 g/mol. The zero-order valence-corrected chi connectivity index (χ0v) is 15.0. The van der Waals surface area contributed by atoms with Crippen molar-refractivity contribution >= 4 is 35.0 Å². The SMILES string of the molecule is CC(C)(S)c1ccc(C(=O)NC2CCc3nc(N)sc3C2)cc1. The molecule has 1 aliphatic carbocycles. The summed E-state index contributed by atoms with van der Waals surface area (Å²) in [7, 11) is 0. The van der Waals surface area contributed by atoms with Crippen LogP contribution < -0.4 is 11.1 Å². The van der Waals surface area contributed by atoms with E-state index in [9.17, 15) is 4.79 Å². The number of nitrogens with two attached hydrogens (primary N) is 1. The molecule has 1 aromatic carbocycles. The molecule has 4 nitrogen and oxygen atoms in total. The molecule has 0 fully saturated rings. The number of rotatable bonds is 3. The van der Waals surface area contributed by atoms with E-state index in [0.717, 1.165) is 30.5 Å². The Bertz CT molecular complexity index is 716. The summed E-state index contributed by atoms with van der Waals surface area (Å²) in [5.74, 6) is -0.0283. The standard InChI is InChI=1S/C17H21N3OS2/c1-17(2,22)11-5-3-10(4-6-11)15(21)19-12-7-8-13-14(9-12)23-16(18)20-13/h3-6,12,22H,7-9H2,1-2H3,(H2,18,20)(H,19,21). The second-order valence-corrected chi connectivity index (χ2v) is 8.70. The van der Waals surface area contributed by atoms with Gasteiger partial charge in [0.25, 0.3) is 5.91 Å². The summed E-state index contributed by atoms with van der Waals surface area (Å²) in [6.45, 7) is 4.07. The first-order valence-corrected chi connectivity index (χ1v) is 8.97. The van der Waals surface area contributed by atoms with Gasteiger partial charge in [-0.05, 0) is 44.4 Å². The lowest BCUT2D eigenvalue weighted by molar-refractivity contribution is 0.0933. The summed E-state index contributed by atoms with van der Waals surface area (Å²) in [5, 5.41) is 3.74. The topological polar surface area (TPSA) is 68.0 Å². The number of nitrogen functional groups attached to an aromatic ring is 1. The molecule has 0 saturated heterocycles. The highest BCUT2D eigenvalue weighted by Gasteiger charge is 2.24. The van der Waals surface area contributed by atoms with E-state index in [1.54, 1.807) is 0 Å². The molecule has 23 heavy (non-hydrogen) atoms. The summed E-state index contributed by atoms with van der Waals surface area (Å²) in [6, 6.07) is 7.80. The fraction of sp³-hybridized carbons (Fsp3) is 0.412. The van der Waals surface area contributed by atoms with E-state index in [2.05, 4.69) is 22.9 Å². The lowest BCUT2D eigenvalue weighted by atomic mass is 9.97. The van der Waals surface area contributed by atoms with Crippen LogP contribution in [0.2, 0.25) is 0 Å². The highest BCUT2D eigenvalue weighted by atomic mass is 32.1. The Labute approximate surface area is 145 Å². The number of thiol groups is 1. The molecule has 1 unspecified atom stereocenters. The van der Waals surface area contributed by atoms with Crippen LogP contribution in [0.3, 0.4) is 0 Å². The van der Waals surface area contributed by atoms with Crippen molar-refractivity contribution in [3.8, 4) is 0 Å². The van der Waals surface area contributed by atoms with Crippen LogP contribution in [0.25, 0.3) is 0 Å². The van der Waals surface area contributed by atoms with Gasteiger partial charge in [-0.1, -0.05) is 12.1 Å². The normalized spacial score (nSPS) is 17.6. The number of benzene rings is 1. The number of aromatic nitrogens is 1. The Morgan fingerprint density at radius 1 is 1.39 bits per heavy atom. The van der Waals surface area contributed by atoms with Gasteiger partial charge in [-0.2, -0.15) is 12.6 Å². The van der Waals surface area contributed by atoms with Gasteiger partial charge in [0, 0.05) is 27.7 Å². The van der Waals surface area contributed by atoms with Gasteiger partial charge in [-0.25, -0.2) is 4.98 Å². The minimum Gasteiger partial charge on any atom is -0.375 e. The number of amides is 1. The first kappa shape index (κ1) is 16.3. The number of hydrogen-bond donors (Lipinski definition) is 3. The molecule has 0 saturated carbocycles. The molecule has 0 radical (unpaired) electrons. The van der Waals surface area contributed by atoms with E-state index < -0.39 is 0 Å². The van der Waals surface area contributed by atoms with Crippen molar-refractivity contribution in [3.05, 3.63) is 46.0 Å². The highest BCUT2D eigenvalue weighted by molar-refractivity contribution is 7.81. The molecule has 3 N–H and O–H groups in total. The van der Waals surface area contributed by atoms with Crippen LogP contribution in [0.15, 0.2) is 24.3 Å². The summed E-state index contributed by atoms with van der Waals surface area (Å²) < 4.78 is -0.207. The lowest BCUT2D eigenvalue weighted by Crippen LogP contribution is -2.38. The molecule has 0 aliphatic heterocycles. The number of nitrogens with zero attached hydrogens (tertiary/aromatic N) is 1. The van der Waals surface area contributed by atoms with Gasteiger partial charge in [0.1, 0.15) is 0 Å². The summed E-state index contributed by atoms with van der Waals surface area (Å²) in [4.78, 5) is 18.0. The van der Waals surface area contributed by atoms with Crippen molar-refractivity contribution in [2.24, 2.45) is 0 Å². The molecule has 6 heteroatoms. The average Bonchev–Trinajstić information content (AvgIpc) is 2.86. The van der Waals surface area contributed by atoms with Crippen LogP contribution in [-0.4, -0.2) is 16.9 Å². The summed E-state index contributed by atoms with van der Waals surface area (Å²) >= 11 is 6.08. The fourth-order valence-corrected chi connectivity index (χ4v) is 3.92. The molecule has 122 valence electrons. The van der Waals surface area contributed by atoms with E-state index >= 15 is 0 Å². The van der Waals surface area contributed by atoms with Crippen LogP contribution >= 0.6 is 24.0 Å². The molecule has 1 amide bonds. The molecule has 3 rings (SSSR count). The number of carbonyl (C=O) groups excluding carboxylic acids is 1. The van der Waals surface area contributed by atoms with Crippen LogP contribution in [0.1, 0.15) is 46.8 Å². The zero-order valence-electron chi connectivity index (χ0n) is 13.3. The van der Waals surface area contributed by atoms with E-state index in [0.29, 0.717) is 10.7 Å². The Kier molecular flexibility index (Phi) is 4.38. The molecule has 1 aliphatic rings. The van der Waals surface area contributed by atoms with Gasteiger partial charge in [-0.15, -0.1) is 11.3 Å². The molecule has 1 heterocycles. The number of nitrogens with one attached hydrogen (secondary N) is 1. The molecule has 1 atom stereocenters. The number of anilines is 1. The Morgan fingerprint density at radius 3 is 2.74 bits per heavy atom. The molecule has 0 spiro atoms. The minimum absolute atomic E-state index is 0.0283. The molecule has 0 bridgehead atoms. The number of aryl methyl sites for hydroxylation is 1. The van der Waals surface area contributed by atoms with Crippen LogP contribution in [0.5, 0.6) is 0 Å². The van der Waals surface area contributed by atoms with Gasteiger partial charge < -0.3 is 11.1 Å². The lowest BCUT2D eigenvalue weighted by Gasteiger charge is -2.23. The maximum absolute atomic E-state index is 12.4. The number of thiazole rings is 1. The number of carbonyl (C=O) groups is 1. The molecular formula is C17H21N3OS2. The Morgan fingerprint density at radius 2 is 2.09 bits per heavy atom. The van der Waals surface area contributed by atoms with E-state index in [4.69, 9.17) is 5.73 Å². The second-order valence-electron chi connectivity index (χ2n) is 6.47. The maximum Gasteiger partial charge on any atom is 0.251 e. The van der Waals surface area contributed by atoms with Crippen LogP contribution in [0, 0.1) is 0 Å². The van der Waals surface area contributed by atoms with Gasteiger partial charge in [0.05, 0.1) is 5.69 Å². The van der Waals surface area contributed by atoms with Crippen LogP contribution in [0.4, 0.5) is 5.13 Å². The van der Waals surface area contributed by atoms with Crippen molar-refractivity contribution < 1.29 is 4.79 Å². The summed E-state index contributed by atoms with van der Waals surface area (Å²) in [6.07, 6.45) is 2.60. The highest BCUT2D eigenvalue weighted by Crippen LogP contribution is 2.29. The molecule has 2 aromatic rings. The molecular weight excluding hydrogens is 326 g/mol. The number of hydrogen-bond acceptors (Lipinski definition) is 5. The fourth-order valence-electron chi connectivity index (χ4n) is 2.82. The van der Waals surface area contributed by atoms with E-state index in [1.807, 2.05) is 38.1 Å². The maximum atomic E-state index is 12.4. The summed E-state index contributed by atoms with van der Waals surface area (Å²) in [5.41, 5.74) is 8.63. The monoisotopic (exact) mass is 347 g/mol. The van der Waals surface area contributed by atoms with Gasteiger partial charge in [-0.3, -0.25) is 4.79 Å². The van der Waals surface area contributed by atoms with Gasteiger partial charge in [0.2, 0.25) is 0 Å². The van der Waals surface area contributed by atoms with Crippen molar-refractivity contribution in [2.45, 2.75) is 43.9 Å². The van der Waals surface area contributed by atoms with Crippen molar-refractivity contribution in [1.82, 2.24) is 10.3 Å². The van der Waals surface area contributed by atoms with E-state index in [1.165, 1.54) is 16.2 Å². The predicted molar refractivity (Wildman–Crippen MR) is 98.3 cm³/mol. The first-order valence-electron chi connectivity index (χ1n) is 7.71. The third kappa shape index (κ3) is 3.70. The Hall–Kier alpha value is -1.53. The quantitative estimate of drug-likeness (QED) is 0.747. The number of fused-ring (bicyclic) bond motifs is 1. The Balaban J connectivity index is 1.66. The van der Waals surface area contributed by atoms with Gasteiger partial charge >= 0.3 is 0 Å². The van der Waals surface area contributed by atoms with Gasteiger partial charge in [0.15, 0.2) is 5.13 Å². The van der Waals surface area contributed by atoms with Crippen molar-refractivity contribution in [3.63, 3.8) is 0 Å². The third-order valence-corrected chi connectivity index (χ3v) is 5.35. The van der Waals surface area contributed by atoms with Crippen molar-refractivity contribution in [2.75, 3.05) is 5.73 Å². The first-order chi connectivity index (χ1) is 10.8.